The van der Waals surface area contributed by atoms with Crippen molar-refractivity contribution < 1.29 is 4.79 Å². The Hall–Kier alpha value is -4.90. The third kappa shape index (κ3) is 6.52. The van der Waals surface area contributed by atoms with Gasteiger partial charge >= 0.3 is 0 Å². The molecule has 0 saturated heterocycles. The van der Waals surface area contributed by atoms with Crippen LogP contribution in [0.5, 0.6) is 0 Å². The first kappa shape index (κ1) is 28.6. The molecule has 0 fully saturated rings. The van der Waals surface area contributed by atoms with E-state index in [0.717, 1.165) is 29.2 Å². The minimum Gasteiger partial charge on any atom is -0.361 e. The van der Waals surface area contributed by atoms with E-state index in [1.165, 1.54) is 10.8 Å². The van der Waals surface area contributed by atoms with Gasteiger partial charge in [0.1, 0.15) is 5.82 Å². The molecule has 0 aliphatic heterocycles. The molecule has 0 aliphatic rings. The van der Waals surface area contributed by atoms with Crippen LogP contribution in [0.25, 0.3) is 10.8 Å². The van der Waals surface area contributed by atoms with Crippen LogP contribution in [0.4, 0.5) is 5.69 Å². The number of nitrogens with zero attached hydrogens (tertiary/aromatic N) is 6. The fourth-order valence-corrected chi connectivity index (χ4v) is 5.46. The minimum absolute atomic E-state index is 0.0219. The fourth-order valence-electron chi connectivity index (χ4n) is 5.46. The molecular weight excluding hydrogens is 522 g/mol. The van der Waals surface area contributed by atoms with Gasteiger partial charge < -0.3 is 19.4 Å². The maximum atomic E-state index is 13.8. The van der Waals surface area contributed by atoms with Crippen LogP contribution in [0.15, 0.2) is 91.6 Å². The van der Waals surface area contributed by atoms with Gasteiger partial charge in [-0.1, -0.05) is 68.8 Å². The van der Waals surface area contributed by atoms with E-state index in [1.807, 2.05) is 47.0 Å². The van der Waals surface area contributed by atoms with Gasteiger partial charge in [-0.3, -0.25) is 4.79 Å². The second kappa shape index (κ2) is 13.2. The van der Waals surface area contributed by atoms with E-state index in [9.17, 15) is 4.79 Å². The standard InChI is InChI=1S/C34H37N7O/c1-4-25(2)32(22-40(23-33-37-16-17-38-33)31-11-7-9-28-8-5-6-10-30(28)31)39(3)34(42)18-29-20-36-24-41(29)21-27-14-12-26(19-35)13-15-27/h5-17,20,24-25,32H,4,18,21-23H2,1-3H3,(H,37,38)/t25-,32+/m0/s1. The van der Waals surface area contributed by atoms with Gasteiger partial charge in [0.05, 0.1) is 37.0 Å². The second-order valence-corrected chi connectivity index (χ2v) is 10.9. The van der Waals surface area contributed by atoms with Crippen molar-refractivity contribution in [2.75, 3.05) is 18.5 Å². The Morgan fingerprint density at radius 2 is 1.88 bits per heavy atom. The lowest BCUT2D eigenvalue weighted by atomic mass is 9.96. The number of H-pyrrole nitrogens is 1. The molecule has 8 heteroatoms. The first-order valence-electron chi connectivity index (χ1n) is 14.4. The number of fused-ring (bicyclic) bond motifs is 1. The number of amides is 1. The maximum Gasteiger partial charge on any atom is 0.228 e. The summed E-state index contributed by atoms with van der Waals surface area (Å²) in [4.78, 5) is 30.2. The van der Waals surface area contributed by atoms with E-state index in [-0.39, 0.29) is 24.3 Å². The topological polar surface area (TPSA) is 93.8 Å². The molecule has 0 saturated carbocycles. The van der Waals surface area contributed by atoms with Gasteiger partial charge in [0, 0.05) is 55.5 Å². The summed E-state index contributed by atoms with van der Waals surface area (Å²) in [6.07, 6.45) is 8.36. The van der Waals surface area contributed by atoms with Crippen LogP contribution >= 0.6 is 0 Å². The number of rotatable bonds is 12. The predicted molar refractivity (Wildman–Crippen MR) is 166 cm³/mol. The molecule has 2 aromatic heterocycles. The van der Waals surface area contributed by atoms with Crippen LogP contribution in [0, 0.1) is 17.2 Å². The molecule has 5 rings (SSSR count). The Morgan fingerprint density at radius 3 is 2.62 bits per heavy atom. The van der Waals surface area contributed by atoms with Gasteiger partial charge in [-0.05, 0) is 35.1 Å². The highest BCUT2D eigenvalue weighted by Crippen LogP contribution is 2.29. The zero-order valence-electron chi connectivity index (χ0n) is 24.4. The van der Waals surface area contributed by atoms with Crippen LogP contribution in [0.3, 0.4) is 0 Å². The van der Waals surface area contributed by atoms with Gasteiger partial charge in [-0.2, -0.15) is 5.26 Å². The summed E-state index contributed by atoms with van der Waals surface area (Å²) in [6, 6.07) is 24.4. The molecule has 1 amide bonds. The first-order valence-corrected chi connectivity index (χ1v) is 14.4. The van der Waals surface area contributed by atoms with Crippen molar-refractivity contribution in [3.05, 3.63) is 114 Å². The van der Waals surface area contributed by atoms with Crippen molar-refractivity contribution in [3.63, 3.8) is 0 Å². The SMILES string of the molecule is CC[C@H](C)[C@@H](CN(Cc1ncc[nH]1)c1cccc2ccccc12)N(C)C(=O)Cc1cncn1Cc1ccc(C#N)cc1. The van der Waals surface area contributed by atoms with E-state index in [4.69, 9.17) is 5.26 Å². The molecule has 2 heterocycles. The zero-order valence-corrected chi connectivity index (χ0v) is 24.4. The van der Waals surface area contributed by atoms with E-state index in [0.29, 0.717) is 25.2 Å². The van der Waals surface area contributed by atoms with Gasteiger partial charge in [-0.15, -0.1) is 0 Å². The zero-order chi connectivity index (χ0) is 29.5. The average Bonchev–Trinajstić information content (AvgIpc) is 3.70. The number of carbonyl (C=O) groups is 1. The summed E-state index contributed by atoms with van der Waals surface area (Å²) in [5.74, 6) is 1.21. The number of nitrogens with one attached hydrogen (secondary N) is 1. The number of anilines is 1. The van der Waals surface area contributed by atoms with Crippen molar-refractivity contribution in [1.82, 2.24) is 24.4 Å². The maximum absolute atomic E-state index is 13.8. The Balaban J connectivity index is 1.38. The van der Waals surface area contributed by atoms with Crippen LogP contribution in [-0.2, 0) is 24.3 Å². The van der Waals surface area contributed by atoms with E-state index >= 15 is 0 Å². The van der Waals surface area contributed by atoms with Crippen LogP contribution < -0.4 is 4.90 Å². The molecule has 0 bridgehead atoms. The van der Waals surface area contributed by atoms with Crippen molar-refractivity contribution in [2.45, 2.75) is 45.8 Å². The van der Waals surface area contributed by atoms with Crippen molar-refractivity contribution in [2.24, 2.45) is 5.92 Å². The Morgan fingerprint density at radius 1 is 1.10 bits per heavy atom. The number of likely N-dealkylation sites (N-methyl/N-ethyl adjacent to an activating group) is 1. The number of benzene rings is 3. The lowest BCUT2D eigenvalue weighted by Crippen LogP contribution is -2.49. The highest BCUT2D eigenvalue weighted by molar-refractivity contribution is 5.94. The lowest BCUT2D eigenvalue weighted by molar-refractivity contribution is -0.132. The quantitative estimate of drug-likeness (QED) is 0.208. The Bertz CT molecular complexity index is 1640. The van der Waals surface area contributed by atoms with Crippen LogP contribution in [0.2, 0.25) is 0 Å². The number of imidazole rings is 2. The number of hydrogen-bond acceptors (Lipinski definition) is 5. The largest absolute Gasteiger partial charge is 0.361 e. The first-order chi connectivity index (χ1) is 20.5. The minimum atomic E-state index is -0.0219. The van der Waals surface area contributed by atoms with E-state index in [1.54, 1.807) is 18.7 Å². The molecule has 214 valence electrons. The number of aromatic nitrogens is 4. The molecule has 2 atom stereocenters. The monoisotopic (exact) mass is 559 g/mol. The Kier molecular flexibility index (Phi) is 8.98. The molecule has 0 spiro atoms. The smallest absolute Gasteiger partial charge is 0.228 e. The molecule has 0 unspecified atom stereocenters. The number of carbonyl (C=O) groups excluding carboxylic acids is 1. The highest BCUT2D eigenvalue weighted by Gasteiger charge is 2.28. The molecule has 42 heavy (non-hydrogen) atoms. The van der Waals surface area contributed by atoms with Gasteiger partial charge in [0.25, 0.3) is 0 Å². The van der Waals surface area contributed by atoms with Crippen molar-refractivity contribution in [3.8, 4) is 6.07 Å². The number of nitriles is 1. The normalized spacial score (nSPS) is 12.5. The highest BCUT2D eigenvalue weighted by atomic mass is 16.2. The summed E-state index contributed by atoms with van der Waals surface area (Å²) >= 11 is 0. The summed E-state index contributed by atoms with van der Waals surface area (Å²) in [7, 11) is 1.93. The van der Waals surface area contributed by atoms with E-state index in [2.05, 4.69) is 82.2 Å². The van der Waals surface area contributed by atoms with Gasteiger partial charge in [0.2, 0.25) is 5.91 Å². The summed E-state index contributed by atoms with van der Waals surface area (Å²) in [5.41, 5.74) is 3.66. The number of aromatic amines is 1. The van der Waals surface area contributed by atoms with Crippen molar-refractivity contribution in [1.29, 1.82) is 5.26 Å². The van der Waals surface area contributed by atoms with Gasteiger partial charge in [-0.25, -0.2) is 9.97 Å². The molecule has 3 aromatic carbocycles. The molecule has 0 aliphatic carbocycles. The van der Waals surface area contributed by atoms with Crippen molar-refractivity contribution >= 4 is 22.4 Å². The summed E-state index contributed by atoms with van der Waals surface area (Å²) in [5, 5.41) is 11.5. The molecule has 5 aromatic rings. The molecule has 8 nitrogen and oxygen atoms in total. The third-order valence-corrected chi connectivity index (χ3v) is 8.17. The molecule has 1 N–H and O–H groups in total. The molecular formula is C34H37N7O. The fraction of sp³-hybridized carbons (Fsp3) is 0.294. The van der Waals surface area contributed by atoms with Crippen LogP contribution in [-0.4, -0.2) is 50.0 Å². The second-order valence-electron chi connectivity index (χ2n) is 10.9. The Labute approximate surface area is 247 Å². The number of hydrogen-bond donors (Lipinski definition) is 1. The van der Waals surface area contributed by atoms with Gasteiger partial charge in [0.15, 0.2) is 0 Å². The van der Waals surface area contributed by atoms with Crippen LogP contribution in [0.1, 0.15) is 42.9 Å². The summed E-state index contributed by atoms with van der Waals surface area (Å²) in [6.45, 7) is 6.25. The third-order valence-electron chi connectivity index (χ3n) is 8.17. The average molecular weight is 560 g/mol. The lowest BCUT2D eigenvalue weighted by Gasteiger charge is -2.38. The van der Waals surface area contributed by atoms with E-state index < -0.39 is 0 Å². The predicted octanol–water partition coefficient (Wildman–Crippen LogP) is 5.80. The molecule has 0 radical (unpaired) electrons. The summed E-state index contributed by atoms with van der Waals surface area (Å²) < 4.78 is 2.00.